The number of nitrogens with one attached hydrogen (secondary N) is 1. The van der Waals surface area contributed by atoms with Gasteiger partial charge in [-0.25, -0.2) is 13.4 Å². The highest BCUT2D eigenvalue weighted by molar-refractivity contribution is 9.10. The first-order valence-electron chi connectivity index (χ1n) is 8.84. The molecule has 0 unspecified atom stereocenters. The largest absolute Gasteiger partial charge is 0.285 e. The average molecular weight is 482 g/mol. The average Bonchev–Trinajstić information content (AvgIpc) is 3.00. The summed E-state index contributed by atoms with van der Waals surface area (Å²) in [5.74, 6) is -0.417. The van der Waals surface area contributed by atoms with Crippen LogP contribution in [0.2, 0.25) is 0 Å². The number of benzene rings is 3. The van der Waals surface area contributed by atoms with Crippen LogP contribution in [0.3, 0.4) is 0 Å². The number of hydrogen-bond donors (Lipinski definition) is 1. The number of aromatic nitrogens is 2. The molecule has 1 N–H and O–H groups in total. The van der Waals surface area contributed by atoms with E-state index in [-0.39, 0.29) is 27.5 Å². The molecule has 0 bridgehead atoms. The molecule has 2 heterocycles. The van der Waals surface area contributed by atoms with Gasteiger partial charge in [0.1, 0.15) is 0 Å². The Labute approximate surface area is 179 Å². The number of sulfonamides is 1. The monoisotopic (exact) mass is 481 g/mol. The molecular formula is C21H12BrN3O4S. The molecule has 9 heteroatoms. The van der Waals surface area contributed by atoms with Crippen LogP contribution in [0.15, 0.2) is 80.9 Å². The Kier molecular flexibility index (Phi) is 4.12. The van der Waals surface area contributed by atoms with E-state index in [9.17, 15) is 18.0 Å². The van der Waals surface area contributed by atoms with E-state index >= 15 is 0 Å². The number of rotatable bonds is 3. The van der Waals surface area contributed by atoms with Gasteiger partial charge < -0.3 is 0 Å². The summed E-state index contributed by atoms with van der Waals surface area (Å²) in [5.41, 5.74) is 0.906. The van der Waals surface area contributed by atoms with E-state index < -0.39 is 15.8 Å². The van der Waals surface area contributed by atoms with Crippen molar-refractivity contribution in [1.29, 1.82) is 0 Å². The summed E-state index contributed by atoms with van der Waals surface area (Å²) >= 11 is 3.27. The number of anilines is 1. The van der Waals surface area contributed by atoms with Crippen molar-refractivity contribution in [3.63, 3.8) is 0 Å². The number of fused-ring (bicyclic) bond motifs is 4. The van der Waals surface area contributed by atoms with Gasteiger partial charge in [-0.1, -0.05) is 28.1 Å². The van der Waals surface area contributed by atoms with Gasteiger partial charge in [0.25, 0.3) is 15.6 Å². The minimum atomic E-state index is -3.84. The van der Waals surface area contributed by atoms with E-state index in [4.69, 9.17) is 0 Å². The Balaban J connectivity index is 1.59. The summed E-state index contributed by atoms with van der Waals surface area (Å²) in [5, 5.41) is 0.405. The molecule has 0 atom stereocenters. The topological polar surface area (TPSA) is 98.1 Å². The fraction of sp³-hybridized carbons (Fsp3) is 0. The van der Waals surface area contributed by atoms with Crippen LogP contribution in [0.5, 0.6) is 0 Å². The second-order valence-electron chi connectivity index (χ2n) is 6.71. The second-order valence-corrected chi connectivity index (χ2v) is 9.31. The van der Waals surface area contributed by atoms with Gasteiger partial charge >= 0.3 is 0 Å². The lowest BCUT2D eigenvalue weighted by Crippen LogP contribution is -2.21. The highest BCUT2D eigenvalue weighted by Gasteiger charge is 2.31. The van der Waals surface area contributed by atoms with Gasteiger partial charge in [-0.2, -0.15) is 0 Å². The van der Waals surface area contributed by atoms with Crippen LogP contribution in [-0.4, -0.2) is 23.8 Å². The lowest BCUT2D eigenvalue weighted by atomic mass is 10.1. The zero-order valence-electron chi connectivity index (χ0n) is 15.2. The third-order valence-electron chi connectivity index (χ3n) is 4.84. The number of ketones is 1. The maximum absolute atomic E-state index is 12.9. The van der Waals surface area contributed by atoms with Crippen molar-refractivity contribution in [2.24, 2.45) is 0 Å². The zero-order chi connectivity index (χ0) is 21.0. The number of para-hydroxylation sites is 1. The van der Waals surface area contributed by atoms with Crippen molar-refractivity contribution in [3.8, 4) is 5.69 Å². The molecule has 0 saturated carbocycles. The van der Waals surface area contributed by atoms with Crippen molar-refractivity contribution in [2.75, 3.05) is 4.72 Å². The Bertz CT molecular complexity index is 1530. The SMILES string of the molecule is O=C1c2cc(NS(=O)(=O)c3ccc(Br)cc3)ccc2-n2c1nc1ccccc1c2=O. The number of carbonyl (C=O) groups excluding carboxylic acids is 1. The lowest BCUT2D eigenvalue weighted by molar-refractivity contribution is 0.103. The summed E-state index contributed by atoms with van der Waals surface area (Å²) in [6, 6.07) is 17.5. The number of carbonyl (C=O) groups is 1. The van der Waals surface area contributed by atoms with Gasteiger partial charge in [0.2, 0.25) is 5.78 Å². The lowest BCUT2D eigenvalue weighted by Gasteiger charge is -2.10. The van der Waals surface area contributed by atoms with E-state index in [0.717, 1.165) is 4.47 Å². The molecule has 4 aromatic rings. The van der Waals surface area contributed by atoms with Gasteiger partial charge in [0.05, 0.1) is 27.0 Å². The molecule has 0 fully saturated rings. The normalized spacial score (nSPS) is 12.6. The van der Waals surface area contributed by atoms with E-state index in [1.807, 2.05) is 0 Å². The first-order valence-corrected chi connectivity index (χ1v) is 11.1. The Morgan fingerprint density at radius 1 is 0.933 bits per heavy atom. The van der Waals surface area contributed by atoms with Gasteiger partial charge in [0, 0.05) is 10.2 Å². The molecule has 1 aromatic heterocycles. The molecule has 1 aliphatic heterocycles. The van der Waals surface area contributed by atoms with Crippen molar-refractivity contribution in [2.45, 2.75) is 4.90 Å². The predicted octanol–water partition coefficient (Wildman–Crippen LogP) is 3.49. The summed E-state index contributed by atoms with van der Waals surface area (Å²) in [7, 11) is -3.84. The Hall–Kier alpha value is -3.30. The first-order chi connectivity index (χ1) is 14.3. The number of hydrogen-bond acceptors (Lipinski definition) is 5. The van der Waals surface area contributed by atoms with E-state index in [2.05, 4.69) is 25.6 Å². The number of halogens is 1. The van der Waals surface area contributed by atoms with E-state index in [1.165, 1.54) is 28.8 Å². The molecular weight excluding hydrogens is 470 g/mol. The molecule has 5 rings (SSSR count). The standard InChI is InChI=1S/C21H12BrN3O4S/c22-12-5-8-14(9-6-12)30(28,29)24-13-7-10-18-16(11-13)19(26)20-23-17-4-2-1-3-15(17)21(27)25(18)20/h1-11,24H. The summed E-state index contributed by atoms with van der Waals surface area (Å²) in [6.07, 6.45) is 0. The predicted molar refractivity (Wildman–Crippen MR) is 116 cm³/mol. The van der Waals surface area contributed by atoms with Crippen molar-refractivity contribution >= 4 is 48.3 Å². The van der Waals surface area contributed by atoms with Gasteiger partial charge in [-0.05, 0) is 54.6 Å². The van der Waals surface area contributed by atoms with Crippen LogP contribution in [0, 0.1) is 0 Å². The zero-order valence-corrected chi connectivity index (χ0v) is 17.6. The fourth-order valence-corrected chi connectivity index (χ4v) is 4.75. The number of nitrogens with zero attached hydrogens (tertiary/aromatic N) is 2. The maximum Gasteiger partial charge on any atom is 0.266 e. The minimum Gasteiger partial charge on any atom is -0.285 e. The smallest absolute Gasteiger partial charge is 0.266 e. The highest BCUT2D eigenvalue weighted by atomic mass is 79.9. The highest BCUT2D eigenvalue weighted by Crippen LogP contribution is 2.29. The quantitative estimate of drug-likeness (QED) is 0.425. The molecule has 1 aliphatic rings. The van der Waals surface area contributed by atoms with Crippen LogP contribution in [0.1, 0.15) is 16.2 Å². The van der Waals surface area contributed by atoms with Crippen LogP contribution >= 0.6 is 15.9 Å². The maximum atomic E-state index is 12.9. The molecule has 0 radical (unpaired) electrons. The van der Waals surface area contributed by atoms with Crippen LogP contribution < -0.4 is 10.3 Å². The fourth-order valence-electron chi connectivity index (χ4n) is 3.43. The van der Waals surface area contributed by atoms with Crippen molar-refractivity contribution in [1.82, 2.24) is 9.55 Å². The Morgan fingerprint density at radius 3 is 2.43 bits per heavy atom. The van der Waals surface area contributed by atoms with Crippen molar-refractivity contribution < 1.29 is 13.2 Å². The molecule has 3 aromatic carbocycles. The minimum absolute atomic E-state index is 0.0154. The molecule has 148 valence electrons. The summed E-state index contributed by atoms with van der Waals surface area (Å²) in [6.45, 7) is 0. The van der Waals surface area contributed by atoms with Gasteiger partial charge in [0.15, 0.2) is 5.82 Å². The van der Waals surface area contributed by atoms with Gasteiger partial charge in [-0.15, -0.1) is 0 Å². The van der Waals surface area contributed by atoms with E-state index in [1.54, 1.807) is 42.5 Å². The third kappa shape index (κ3) is 2.86. The molecule has 0 amide bonds. The second kappa shape index (κ2) is 6.61. The molecule has 0 saturated heterocycles. The molecule has 30 heavy (non-hydrogen) atoms. The molecule has 7 nitrogen and oxygen atoms in total. The van der Waals surface area contributed by atoms with Crippen LogP contribution in [0.4, 0.5) is 5.69 Å². The van der Waals surface area contributed by atoms with Crippen LogP contribution in [-0.2, 0) is 10.0 Å². The summed E-state index contributed by atoms with van der Waals surface area (Å²) in [4.78, 5) is 30.2. The Morgan fingerprint density at radius 2 is 1.67 bits per heavy atom. The molecule has 0 aliphatic carbocycles. The third-order valence-corrected chi connectivity index (χ3v) is 6.76. The first kappa shape index (κ1) is 18.7. The molecule has 0 spiro atoms. The van der Waals surface area contributed by atoms with E-state index in [0.29, 0.717) is 16.6 Å². The van der Waals surface area contributed by atoms with Crippen molar-refractivity contribution in [3.05, 3.63) is 92.9 Å². The van der Waals surface area contributed by atoms with Gasteiger partial charge in [-0.3, -0.25) is 18.9 Å². The van der Waals surface area contributed by atoms with Crippen LogP contribution in [0.25, 0.3) is 16.6 Å². The summed E-state index contributed by atoms with van der Waals surface area (Å²) < 4.78 is 29.8.